The second kappa shape index (κ2) is 12.2. The first-order valence-electron chi connectivity index (χ1n) is 12.3. The Labute approximate surface area is 206 Å². The summed E-state index contributed by atoms with van der Waals surface area (Å²) in [5.74, 6) is 0. The first-order chi connectivity index (χ1) is 17.1. The molecule has 0 bridgehead atoms. The topological polar surface area (TPSA) is 98.4 Å². The van der Waals surface area contributed by atoms with Gasteiger partial charge in [0.2, 0.25) is 0 Å². The van der Waals surface area contributed by atoms with Crippen LogP contribution >= 0.6 is 0 Å². The van der Waals surface area contributed by atoms with E-state index >= 15 is 0 Å². The quantitative estimate of drug-likeness (QED) is 0.400. The van der Waals surface area contributed by atoms with Crippen LogP contribution in [0.3, 0.4) is 0 Å². The molecule has 35 heavy (non-hydrogen) atoms. The number of carbonyl (C=O) groups excluding carboxylic acids is 2. The van der Waals surface area contributed by atoms with Crippen LogP contribution in [0.5, 0.6) is 0 Å². The van der Waals surface area contributed by atoms with Crippen molar-refractivity contribution in [3.8, 4) is 0 Å². The van der Waals surface area contributed by atoms with Gasteiger partial charge < -0.3 is 26.2 Å². The SMILES string of the molecule is Cc1cc(NC(=O)NCCN2CCC(NC(=O)NCCc3ccccc3)CC2)c2ccccc2n1. The normalized spacial score (nSPS) is 14.4. The number of nitrogens with zero attached hydrogens (tertiary/aromatic N) is 2. The van der Waals surface area contributed by atoms with E-state index < -0.39 is 0 Å². The van der Waals surface area contributed by atoms with Crippen molar-refractivity contribution in [2.45, 2.75) is 32.2 Å². The fourth-order valence-corrected chi connectivity index (χ4v) is 4.41. The molecule has 4 rings (SSSR count). The molecular weight excluding hydrogens is 440 g/mol. The van der Waals surface area contributed by atoms with Crippen molar-refractivity contribution < 1.29 is 9.59 Å². The van der Waals surface area contributed by atoms with E-state index in [9.17, 15) is 9.59 Å². The van der Waals surface area contributed by atoms with E-state index in [-0.39, 0.29) is 18.1 Å². The van der Waals surface area contributed by atoms with E-state index in [4.69, 9.17) is 0 Å². The van der Waals surface area contributed by atoms with E-state index in [0.717, 1.165) is 61.2 Å². The number of aryl methyl sites for hydroxylation is 1. The Morgan fingerprint density at radius 3 is 2.46 bits per heavy atom. The van der Waals surface area contributed by atoms with Crippen LogP contribution in [-0.4, -0.2) is 60.7 Å². The summed E-state index contributed by atoms with van der Waals surface area (Å²) in [6.45, 7) is 5.67. The summed E-state index contributed by atoms with van der Waals surface area (Å²) in [4.78, 5) is 31.5. The maximum Gasteiger partial charge on any atom is 0.319 e. The van der Waals surface area contributed by atoms with Gasteiger partial charge in [-0.15, -0.1) is 0 Å². The molecular formula is C27H34N6O2. The Balaban J connectivity index is 1.11. The third-order valence-electron chi connectivity index (χ3n) is 6.27. The van der Waals surface area contributed by atoms with E-state index in [1.54, 1.807) is 0 Å². The van der Waals surface area contributed by atoms with Gasteiger partial charge in [-0.3, -0.25) is 4.98 Å². The number of hydrogen-bond acceptors (Lipinski definition) is 4. The molecule has 3 aromatic rings. The van der Waals surface area contributed by atoms with Crippen LogP contribution in [0.4, 0.5) is 15.3 Å². The number of hydrogen-bond donors (Lipinski definition) is 4. The van der Waals surface area contributed by atoms with Gasteiger partial charge >= 0.3 is 12.1 Å². The zero-order valence-electron chi connectivity index (χ0n) is 20.2. The number of pyridine rings is 1. The van der Waals surface area contributed by atoms with Gasteiger partial charge in [-0.2, -0.15) is 0 Å². The van der Waals surface area contributed by atoms with Crippen molar-refractivity contribution in [3.05, 3.63) is 71.9 Å². The number of benzene rings is 2. The predicted molar refractivity (Wildman–Crippen MR) is 140 cm³/mol. The average molecular weight is 475 g/mol. The van der Waals surface area contributed by atoms with Crippen LogP contribution in [0.1, 0.15) is 24.1 Å². The highest BCUT2D eigenvalue weighted by molar-refractivity contribution is 6.00. The zero-order chi connectivity index (χ0) is 24.5. The Bertz CT molecular complexity index is 1130. The van der Waals surface area contributed by atoms with Crippen LogP contribution in [-0.2, 0) is 6.42 Å². The first kappa shape index (κ1) is 24.5. The molecule has 1 aliphatic heterocycles. The summed E-state index contributed by atoms with van der Waals surface area (Å²) in [6, 6.07) is 19.7. The number of carbonyl (C=O) groups is 2. The Morgan fingerprint density at radius 1 is 0.943 bits per heavy atom. The van der Waals surface area contributed by atoms with Crippen molar-refractivity contribution in [1.82, 2.24) is 25.8 Å². The number of likely N-dealkylation sites (tertiary alicyclic amines) is 1. The highest BCUT2D eigenvalue weighted by Crippen LogP contribution is 2.22. The van der Waals surface area contributed by atoms with Crippen LogP contribution < -0.4 is 21.3 Å². The number of aromatic nitrogens is 1. The van der Waals surface area contributed by atoms with Gasteiger partial charge in [0.15, 0.2) is 0 Å². The van der Waals surface area contributed by atoms with Crippen LogP contribution in [0.15, 0.2) is 60.7 Å². The summed E-state index contributed by atoms with van der Waals surface area (Å²) in [5.41, 5.74) is 3.71. The second-order valence-electron chi connectivity index (χ2n) is 8.96. The maximum absolute atomic E-state index is 12.4. The summed E-state index contributed by atoms with van der Waals surface area (Å²) in [6.07, 6.45) is 2.63. The molecule has 2 aromatic carbocycles. The number of nitrogens with one attached hydrogen (secondary N) is 4. The summed E-state index contributed by atoms with van der Waals surface area (Å²) < 4.78 is 0. The highest BCUT2D eigenvalue weighted by atomic mass is 16.2. The van der Waals surface area contributed by atoms with Crippen molar-refractivity contribution in [1.29, 1.82) is 0 Å². The minimum atomic E-state index is -0.218. The first-order valence-corrected chi connectivity index (χ1v) is 12.3. The smallest absolute Gasteiger partial charge is 0.319 e. The van der Waals surface area contributed by atoms with Gasteiger partial charge in [0.05, 0.1) is 11.2 Å². The minimum absolute atomic E-state index is 0.100. The molecule has 1 saturated heterocycles. The van der Waals surface area contributed by atoms with Gasteiger partial charge in [-0.25, -0.2) is 9.59 Å². The van der Waals surface area contributed by atoms with Crippen molar-refractivity contribution in [3.63, 3.8) is 0 Å². The molecule has 0 spiro atoms. The Hall–Kier alpha value is -3.65. The Morgan fingerprint density at radius 2 is 1.66 bits per heavy atom. The number of urea groups is 2. The molecule has 1 aliphatic rings. The summed E-state index contributed by atoms with van der Waals surface area (Å²) >= 11 is 0. The molecule has 8 heteroatoms. The van der Waals surface area contributed by atoms with Gasteiger partial charge in [0, 0.05) is 49.8 Å². The molecule has 0 radical (unpaired) electrons. The van der Waals surface area contributed by atoms with Crippen molar-refractivity contribution >= 4 is 28.7 Å². The largest absolute Gasteiger partial charge is 0.338 e. The molecule has 0 aliphatic carbocycles. The third kappa shape index (κ3) is 7.42. The lowest BCUT2D eigenvalue weighted by Gasteiger charge is -2.32. The zero-order valence-corrected chi connectivity index (χ0v) is 20.2. The number of fused-ring (bicyclic) bond motifs is 1. The lowest BCUT2D eigenvalue weighted by atomic mass is 10.1. The van der Waals surface area contributed by atoms with Gasteiger partial charge in [-0.1, -0.05) is 48.5 Å². The van der Waals surface area contributed by atoms with Crippen molar-refractivity contribution in [2.24, 2.45) is 0 Å². The molecule has 4 amide bonds. The molecule has 8 nitrogen and oxygen atoms in total. The standard InChI is InChI=1S/C27H34N6O2/c1-20-19-25(23-9-5-6-10-24(23)30-20)32-27(35)29-15-18-33-16-12-22(13-17-33)31-26(34)28-14-11-21-7-3-2-4-8-21/h2-10,19,22H,11-18H2,1H3,(H2,28,31,34)(H2,29,30,32,35). The lowest BCUT2D eigenvalue weighted by Crippen LogP contribution is -2.49. The van der Waals surface area contributed by atoms with E-state index in [2.05, 4.69) is 43.3 Å². The van der Waals surface area contributed by atoms with E-state index in [1.165, 1.54) is 5.56 Å². The molecule has 184 valence electrons. The van der Waals surface area contributed by atoms with Crippen molar-refractivity contribution in [2.75, 3.05) is 38.0 Å². The van der Waals surface area contributed by atoms with Gasteiger partial charge in [0.25, 0.3) is 0 Å². The molecule has 1 fully saturated rings. The summed E-state index contributed by atoms with van der Waals surface area (Å²) in [5, 5.41) is 12.9. The van der Waals surface area contributed by atoms with Crippen LogP contribution in [0, 0.1) is 6.92 Å². The molecule has 0 unspecified atom stereocenters. The van der Waals surface area contributed by atoms with Crippen LogP contribution in [0.25, 0.3) is 10.9 Å². The number of amides is 4. The molecule has 0 atom stereocenters. The molecule has 0 saturated carbocycles. The molecule has 4 N–H and O–H groups in total. The van der Waals surface area contributed by atoms with Gasteiger partial charge in [-0.05, 0) is 43.9 Å². The van der Waals surface area contributed by atoms with Gasteiger partial charge in [0.1, 0.15) is 0 Å². The minimum Gasteiger partial charge on any atom is -0.338 e. The number of piperidine rings is 1. The monoisotopic (exact) mass is 474 g/mol. The maximum atomic E-state index is 12.4. The Kier molecular flexibility index (Phi) is 8.51. The van der Waals surface area contributed by atoms with Crippen LogP contribution in [0.2, 0.25) is 0 Å². The number of rotatable bonds is 8. The fraction of sp³-hybridized carbons (Fsp3) is 0.370. The number of anilines is 1. The molecule has 2 heterocycles. The second-order valence-corrected chi connectivity index (χ2v) is 8.96. The van der Waals surface area contributed by atoms with E-state index in [0.29, 0.717) is 13.1 Å². The highest BCUT2D eigenvalue weighted by Gasteiger charge is 2.20. The van der Waals surface area contributed by atoms with E-state index in [1.807, 2.05) is 55.5 Å². The number of para-hydroxylation sites is 1. The molecule has 1 aromatic heterocycles. The fourth-order valence-electron chi connectivity index (χ4n) is 4.41. The third-order valence-corrected chi connectivity index (χ3v) is 6.27. The predicted octanol–water partition coefficient (Wildman–Crippen LogP) is 3.67. The average Bonchev–Trinajstić information content (AvgIpc) is 2.86. The summed E-state index contributed by atoms with van der Waals surface area (Å²) in [7, 11) is 0. The lowest BCUT2D eigenvalue weighted by molar-refractivity contribution is 0.192.